The van der Waals surface area contributed by atoms with Gasteiger partial charge >= 0.3 is 0 Å². The summed E-state index contributed by atoms with van der Waals surface area (Å²) in [6.45, 7) is 6.01. The number of hydrogen-bond acceptors (Lipinski definition) is 2. The zero-order valence-corrected chi connectivity index (χ0v) is 14.5. The maximum atomic E-state index is 6.15. The van der Waals surface area contributed by atoms with Crippen LogP contribution < -0.4 is 10.6 Å². The van der Waals surface area contributed by atoms with Gasteiger partial charge in [0.15, 0.2) is 5.96 Å². The van der Waals surface area contributed by atoms with Gasteiger partial charge in [0.05, 0.1) is 0 Å². The molecule has 118 valence electrons. The fraction of sp³-hybridized carbons (Fsp3) is 0.562. The molecule has 5 heteroatoms. The molecule has 0 atom stereocenters. The molecule has 0 amide bonds. The predicted molar refractivity (Wildman–Crippen MR) is 92.3 cm³/mol. The van der Waals surface area contributed by atoms with E-state index in [9.17, 15) is 0 Å². The van der Waals surface area contributed by atoms with Gasteiger partial charge in [-0.1, -0.05) is 29.8 Å². The molecule has 0 radical (unpaired) electrons. The summed E-state index contributed by atoms with van der Waals surface area (Å²) >= 11 is 6.15. The molecule has 0 aromatic heterocycles. The van der Waals surface area contributed by atoms with E-state index in [1.54, 1.807) is 7.05 Å². The van der Waals surface area contributed by atoms with Crippen LogP contribution in [0.3, 0.4) is 0 Å². The molecular formula is C16H27ClN4. The molecule has 1 rings (SSSR count). The van der Waals surface area contributed by atoms with Crippen LogP contribution in [-0.2, 0) is 6.42 Å². The molecule has 0 fully saturated rings. The van der Waals surface area contributed by atoms with E-state index >= 15 is 0 Å². The molecule has 0 saturated heterocycles. The normalized spacial score (nSPS) is 12.6. The summed E-state index contributed by atoms with van der Waals surface area (Å²) in [5.74, 6) is 0.817. The van der Waals surface area contributed by atoms with E-state index in [2.05, 4.69) is 54.5 Å². The van der Waals surface area contributed by atoms with E-state index in [0.717, 1.165) is 36.1 Å². The first-order chi connectivity index (χ1) is 9.86. The lowest BCUT2D eigenvalue weighted by Crippen LogP contribution is -2.51. The lowest BCUT2D eigenvalue weighted by Gasteiger charge is -2.33. The van der Waals surface area contributed by atoms with Crippen molar-refractivity contribution in [3.8, 4) is 0 Å². The van der Waals surface area contributed by atoms with Gasteiger partial charge in [-0.3, -0.25) is 4.99 Å². The van der Waals surface area contributed by atoms with Crippen molar-refractivity contribution in [3.63, 3.8) is 0 Å². The van der Waals surface area contributed by atoms with E-state index in [4.69, 9.17) is 11.6 Å². The Morgan fingerprint density at radius 1 is 1.24 bits per heavy atom. The van der Waals surface area contributed by atoms with Crippen molar-refractivity contribution >= 4 is 17.6 Å². The maximum absolute atomic E-state index is 6.15. The molecule has 0 bridgehead atoms. The van der Waals surface area contributed by atoms with Gasteiger partial charge in [0, 0.05) is 30.7 Å². The summed E-state index contributed by atoms with van der Waals surface area (Å²) in [6.07, 6.45) is 0.872. The third-order valence-electron chi connectivity index (χ3n) is 3.77. The Hall–Kier alpha value is -1.26. The first-order valence-electron chi connectivity index (χ1n) is 7.22. The smallest absolute Gasteiger partial charge is 0.191 e. The summed E-state index contributed by atoms with van der Waals surface area (Å²) in [7, 11) is 5.94. The van der Waals surface area contributed by atoms with Crippen molar-refractivity contribution in [2.45, 2.75) is 25.8 Å². The minimum atomic E-state index is 0.0698. The standard InChI is InChI=1S/C16H27ClN4/c1-16(2,21(4)5)12-20-15(18-3)19-11-10-13-8-6-7-9-14(13)17/h6-9H,10-12H2,1-5H3,(H2,18,19,20). The first-order valence-corrected chi connectivity index (χ1v) is 7.60. The molecular weight excluding hydrogens is 284 g/mol. The van der Waals surface area contributed by atoms with Crippen LogP contribution >= 0.6 is 11.6 Å². The quantitative estimate of drug-likeness (QED) is 0.626. The number of hydrogen-bond donors (Lipinski definition) is 2. The van der Waals surface area contributed by atoms with Gasteiger partial charge in [0.1, 0.15) is 0 Å². The molecule has 0 saturated carbocycles. The number of benzene rings is 1. The second-order valence-corrected chi connectivity index (χ2v) is 6.31. The van der Waals surface area contributed by atoms with Crippen LogP contribution in [0.15, 0.2) is 29.3 Å². The number of rotatable bonds is 6. The van der Waals surface area contributed by atoms with E-state index in [-0.39, 0.29) is 5.54 Å². The van der Waals surface area contributed by atoms with Crippen LogP contribution in [0.4, 0.5) is 0 Å². The Morgan fingerprint density at radius 3 is 2.48 bits per heavy atom. The van der Waals surface area contributed by atoms with Gasteiger partial charge in [0.25, 0.3) is 0 Å². The van der Waals surface area contributed by atoms with E-state index in [0.29, 0.717) is 0 Å². The molecule has 0 aliphatic heterocycles. The lowest BCUT2D eigenvalue weighted by atomic mass is 10.0. The average molecular weight is 311 g/mol. The zero-order valence-electron chi connectivity index (χ0n) is 13.7. The molecule has 2 N–H and O–H groups in total. The Balaban J connectivity index is 2.41. The number of nitrogens with one attached hydrogen (secondary N) is 2. The highest BCUT2D eigenvalue weighted by Crippen LogP contribution is 2.14. The second kappa shape index (κ2) is 8.25. The number of aliphatic imine (C=N–C) groups is 1. The van der Waals surface area contributed by atoms with Crippen LogP contribution in [-0.4, -0.2) is 50.6 Å². The van der Waals surface area contributed by atoms with Crippen molar-refractivity contribution in [2.75, 3.05) is 34.2 Å². The minimum absolute atomic E-state index is 0.0698. The fourth-order valence-corrected chi connectivity index (χ4v) is 1.93. The molecule has 0 spiro atoms. The summed E-state index contributed by atoms with van der Waals surface area (Å²) in [5, 5.41) is 7.49. The largest absolute Gasteiger partial charge is 0.356 e. The Kier molecular flexibility index (Phi) is 6.99. The lowest BCUT2D eigenvalue weighted by molar-refractivity contribution is 0.197. The molecule has 1 aromatic rings. The summed E-state index contributed by atoms with van der Waals surface area (Å²) in [4.78, 5) is 6.44. The molecule has 0 unspecified atom stereocenters. The number of likely N-dealkylation sites (N-methyl/N-ethyl adjacent to an activating group) is 1. The van der Waals surface area contributed by atoms with E-state index in [1.165, 1.54) is 0 Å². The van der Waals surface area contributed by atoms with Crippen molar-refractivity contribution in [3.05, 3.63) is 34.9 Å². The van der Waals surface area contributed by atoms with Crippen LogP contribution in [0.5, 0.6) is 0 Å². The third-order valence-corrected chi connectivity index (χ3v) is 4.14. The summed E-state index contributed by atoms with van der Waals surface area (Å²) < 4.78 is 0. The van der Waals surface area contributed by atoms with Gasteiger partial charge in [-0.25, -0.2) is 0 Å². The molecule has 0 aliphatic rings. The van der Waals surface area contributed by atoms with Crippen molar-refractivity contribution in [1.29, 1.82) is 0 Å². The van der Waals surface area contributed by atoms with Crippen molar-refractivity contribution < 1.29 is 0 Å². The van der Waals surface area contributed by atoms with Gasteiger partial charge in [-0.05, 0) is 46.0 Å². The first kappa shape index (κ1) is 17.8. The minimum Gasteiger partial charge on any atom is -0.356 e. The monoisotopic (exact) mass is 310 g/mol. The molecule has 21 heavy (non-hydrogen) atoms. The topological polar surface area (TPSA) is 39.7 Å². The third kappa shape index (κ3) is 5.94. The zero-order chi connectivity index (χ0) is 15.9. The molecule has 1 aromatic carbocycles. The van der Waals surface area contributed by atoms with E-state index < -0.39 is 0 Å². The van der Waals surface area contributed by atoms with E-state index in [1.807, 2.05) is 18.2 Å². The van der Waals surface area contributed by atoms with Gasteiger partial charge in [-0.2, -0.15) is 0 Å². The Morgan fingerprint density at radius 2 is 1.90 bits per heavy atom. The summed E-state index contributed by atoms with van der Waals surface area (Å²) in [5.41, 5.74) is 1.22. The van der Waals surface area contributed by atoms with Crippen LogP contribution in [0.25, 0.3) is 0 Å². The maximum Gasteiger partial charge on any atom is 0.191 e. The van der Waals surface area contributed by atoms with Crippen molar-refractivity contribution in [1.82, 2.24) is 15.5 Å². The van der Waals surface area contributed by atoms with Gasteiger partial charge in [-0.15, -0.1) is 0 Å². The van der Waals surface area contributed by atoms with Crippen LogP contribution in [0.1, 0.15) is 19.4 Å². The van der Waals surface area contributed by atoms with Crippen LogP contribution in [0.2, 0.25) is 5.02 Å². The Labute approximate surface area is 133 Å². The number of nitrogens with zero attached hydrogens (tertiary/aromatic N) is 2. The fourth-order valence-electron chi connectivity index (χ4n) is 1.70. The van der Waals surface area contributed by atoms with Crippen molar-refractivity contribution in [2.24, 2.45) is 4.99 Å². The molecule has 0 aliphatic carbocycles. The highest BCUT2D eigenvalue weighted by Gasteiger charge is 2.20. The molecule has 4 nitrogen and oxygen atoms in total. The number of halogens is 1. The van der Waals surface area contributed by atoms with Gasteiger partial charge < -0.3 is 15.5 Å². The number of guanidine groups is 1. The van der Waals surface area contributed by atoms with Crippen LogP contribution in [0, 0.1) is 0 Å². The SMILES string of the molecule is CN=C(NCCc1ccccc1Cl)NCC(C)(C)N(C)C. The summed E-state index contributed by atoms with van der Waals surface area (Å²) in [6, 6.07) is 7.93. The van der Waals surface area contributed by atoms with Gasteiger partial charge in [0.2, 0.25) is 0 Å². The average Bonchev–Trinajstić information content (AvgIpc) is 2.44. The predicted octanol–water partition coefficient (Wildman–Crippen LogP) is 2.39. The second-order valence-electron chi connectivity index (χ2n) is 5.90. The Bertz CT molecular complexity index is 469. The highest BCUT2D eigenvalue weighted by atomic mass is 35.5. The highest BCUT2D eigenvalue weighted by molar-refractivity contribution is 6.31. The molecule has 0 heterocycles.